The Balaban J connectivity index is 2.69. The van der Waals surface area contributed by atoms with Crippen LogP contribution in [0.15, 0.2) is 23.1 Å². The number of sulfonamides is 1. The maximum atomic E-state index is 13.3. The quantitative estimate of drug-likeness (QED) is 0.819. The molecule has 0 aliphatic carbocycles. The second kappa shape index (κ2) is 6.78. The lowest BCUT2D eigenvalue weighted by atomic mass is 10.3. The van der Waals surface area contributed by atoms with Gasteiger partial charge in [-0.1, -0.05) is 20.8 Å². The summed E-state index contributed by atoms with van der Waals surface area (Å²) in [6.07, 6.45) is 0. The molecule has 114 valence electrons. The van der Waals surface area contributed by atoms with E-state index in [4.69, 9.17) is 4.74 Å². The molecule has 0 amide bonds. The molecular weight excluding hydrogens is 301 g/mol. The van der Waals surface area contributed by atoms with Gasteiger partial charge in [-0.15, -0.1) is 0 Å². The molecule has 1 aromatic carbocycles. The normalized spacial score (nSPS) is 12.4. The van der Waals surface area contributed by atoms with Gasteiger partial charge in [0.15, 0.2) is 11.6 Å². The molecule has 0 radical (unpaired) electrons. The van der Waals surface area contributed by atoms with E-state index >= 15 is 0 Å². The van der Waals surface area contributed by atoms with Crippen LogP contribution in [-0.4, -0.2) is 32.6 Å². The van der Waals surface area contributed by atoms with Crippen LogP contribution < -0.4 is 9.46 Å². The summed E-state index contributed by atoms with van der Waals surface area (Å²) in [5.74, 6) is -0.00665. The van der Waals surface area contributed by atoms with E-state index in [0.717, 1.165) is 6.07 Å². The van der Waals surface area contributed by atoms with Gasteiger partial charge < -0.3 is 4.74 Å². The Labute approximate surface area is 124 Å². The first-order chi connectivity index (χ1) is 9.15. The van der Waals surface area contributed by atoms with Crippen molar-refractivity contribution in [2.45, 2.75) is 30.4 Å². The minimum atomic E-state index is -3.64. The summed E-state index contributed by atoms with van der Waals surface area (Å²) in [5, 5.41) is 0. The molecule has 0 unspecified atom stereocenters. The standard InChI is InChI=1S/C13H20FNO3S2/c1-13(2,3)19-8-7-15-20(16,17)10-5-6-11(14)12(9-10)18-4/h5-6,9,15H,7-8H2,1-4H3. The zero-order valence-electron chi connectivity index (χ0n) is 12.1. The van der Waals surface area contributed by atoms with Gasteiger partial charge in [-0.05, 0) is 12.1 Å². The second-order valence-electron chi connectivity index (χ2n) is 5.15. The summed E-state index contributed by atoms with van der Waals surface area (Å²) >= 11 is 1.67. The van der Waals surface area contributed by atoms with Crippen LogP contribution in [0.3, 0.4) is 0 Å². The molecule has 1 rings (SSSR count). The zero-order chi connectivity index (χ0) is 15.4. The summed E-state index contributed by atoms with van der Waals surface area (Å²) in [5.41, 5.74) is 0. The molecule has 0 atom stereocenters. The Morgan fingerprint density at radius 3 is 2.55 bits per heavy atom. The number of halogens is 1. The molecule has 0 heterocycles. The number of methoxy groups -OCH3 is 1. The number of hydrogen-bond donors (Lipinski definition) is 1. The molecule has 0 bridgehead atoms. The Kier molecular flexibility index (Phi) is 5.85. The third-order valence-corrected chi connectivity index (χ3v) is 5.10. The van der Waals surface area contributed by atoms with Gasteiger partial charge in [0.1, 0.15) is 0 Å². The fraction of sp³-hybridized carbons (Fsp3) is 0.538. The molecule has 7 heteroatoms. The molecule has 0 aromatic heterocycles. The van der Waals surface area contributed by atoms with Crippen LogP contribution in [-0.2, 0) is 10.0 Å². The minimum Gasteiger partial charge on any atom is -0.494 e. The van der Waals surface area contributed by atoms with E-state index < -0.39 is 15.8 Å². The van der Waals surface area contributed by atoms with Crippen molar-refractivity contribution in [1.29, 1.82) is 0 Å². The van der Waals surface area contributed by atoms with Crippen molar-refractivity contribution in [3.8, 4) is 5.75 Å². The monoisotopic (exact) mass is 321 g/mol. The molecule has 0 spiro atoms. The molecule has 0 aliphatic heterocycles. The maximum Gasteiger partial charge on any atom is 0.240 e. The van der Waals surface area contributed by atoms with Crippen molar-refractivity contribution < 1.29 is 17.5 Å². The predicted molar refractivity (Wildman–Crippen MR) is 80.4 cm³/mol. The molecule has 1 N–H and O–H groups in total. The van der Waals surface area contributed by atoms with Crippen molar-refractivity contribution >= 4 is 21.8 Å². The van der Waals surface area contributed by atoms with Crippen molar-refractivity contribution in [3.63, 3.8) is 0 Å². The van der Waals surface area contributed by atoms with Crippen LogP contribution in [0, 0.1) is 5.82 Å². The van der Waals surface area contributed by atoms with Crippen LogP contribution in [0.1, 0.15) is 20.8 Å². The number of benzene rings is 1. The third-order valence-electron chi connectivity index (χ3n) is 2.36. The second-order valence-corrected chi connectivity index (χ2v) is 8.84. The summed E-state index contributed by atoms with van der Waals surface area (Å²) in [4.78, 5) is -0.00323. The minimum absolute atomic E-state index is 0.00323. The average molecular weight is 321 g/mol. The Morgan fingerprint density at radius 1 is 1.35 bits per heavy atom. The molecular formula is C13H20FNO3S2. The third kappa shape index (κ3) is 5.30. The van der Waals surface area contributed by atoms with Gasteiger partial charge in [-0.25, -0.2) is 17.5 Å². The SMILES string of the molecule is COc1cc(S(=O)(=O)NCCSC(C)(C)C)ccc1F. The first-order valence-corrected chi connectivity index (χ1v) is 8.60. The molecule has 1 aromatic rings. The lowest BCUT2D eigenvalue weighted by Crippen LogP contribution is -2.27. The van der Waals surface area contributed by atoms with E-state index in [0.29, 0.717) is 12.3 Å². The molecule has 0 aliphatic rings. The van der Waals surface area contributed by atoms with Crippen LogP contribution in [0.5, 0.6) is 5.75 Å². The molecule has 4 nitrogen and oxygen atoms in total. The molecule has 0 saturated carbocycles. The average Bonchev–Trinajstić information content (AvgIpc) is 2.34. The van der Waals surface area contributed by atoms with E-state index in [9.17, 15) is 12.8 Å². The number of rotatable bonds is 6. The number of ether oxygens (including phenoxy) is 1. The summed E-state index contributed by atoms with van der Waals surface area (Å²) in [6.45, 7) is 6.52. The first kappa shape index (κ1) is 17.3. The fourth-order valence-corrected chi connectivity index (χ4v) is 3.42. The van der Waals surface area contributed by atoms with Gasteiger partial charge in [0.25, 0.3) is 0 Å². The van der Waals surface area contributed by atoms with E-state index in [-0.39, 0.29) is 15.4 Å². The number of thioether (sulfide) groups is 1. The summed E-state index contributed by atoms with van der Waals surface area (Å²) < 4.78 is 44.7. The molecule has 0 saturated heterocycles. The highest BCUT2D eigenvalue weighted by Gasteiger charge is 2.17. The van der Waals surface area contributed by atoms with Crippen LogP contribution in [0.4, 0.5) is 4.39 Å². The van der Waals surface area contributed by atoms with Crippen molar-refractivity contribution in [2.75, 3.05) is 19.4 Å². The van der Waals surface area contributed by atoms with Crippen molar-refractivity contribution in [1.82, 2.24) is 4.72 Å². The first-order valence-electron chi connectivity index (χ1n) is 6.13. The highest BCUT2D eigenvalue weighted by molar-refractivity contribution is 8.00. The van der Waals surface area contributed by atoms with E-state index in [2.05, 4.69) is 25.5 Å². The van der Waals surface area contributed by atoms with Crippen molar-refractivity contribution in [2.24, 2.45) is 0 Å². The van der Waals surface area contributed by atoms with Gasteiger partial charge in [-0.2, -0.15) is 11.8 Å². The van der Waals surface area contributed by atoms with Gasteiger partial charge in [0.05, 0.1) is 12.0 Å². The topological polar surface area (TPSA) is 55.4 Å². The highest BCUT2D eigenvalue weighted by atomic mass is 32.2. The fourth-order valence-electron chi connectivity index (χ4n) is 1.42. The van der Waals surface area contributed by atoms with E-state index in [1.54, 1.807) is 11.8 Å². The van der Waals surface area contributed by atoms with Gasteiger partial charge in [0.2, 0.25) is 10.0 Å². The molecule has 20 heavy (non-hydrogen) atoms. The van der Waals surface area contributed by atoms with Gasteiger partial charge >= 0.3 is 0 Å². The van der Waals surface area contributed by atoms with E-state index in [1.807, 2.05) is 0 Å². The molecule has 0 fully saturated rings. The summed E-state index contributed by atoms with van der Waals surface area (Å²) in [6, 6.07) is 3.48. The largest absolute Gasteiger partial charge is 0.494 e. The smallest absolute Gasteiger partial charge is 0.240 e. The predicted octanol–water partition coefficient (Wildman–Crippen LogP) is 2.64. The zero-order valence-corrected chi connectivity index (χ0v) is 13.7. The summed E-state index contributed by atoms with van der Waals surface area (Å²) in [7, 11) is -2.34. The van der Waals surface area contributed by atoms with Gasteiger partial charge in [0, 0.05) is 23.1 Å². The number of nitrogens with one attached hydrogen (secondary N) is 1. The van der Waals surface area contributed by atoms with Crippen LogP contribution in [0.25, 0.3) is 0 Å². The lowest BCUT2D eigenvalue weighted by Gasteiger charge is -2.17. The highest BCUT2D eigenvalue weighted by Crippen LogP contribution is 2.23. The van der Waals surface area contributed by atoms with Crippen LogP contribution in [0.2, 0.25) is 0 Å². The van der Waals surface area contributed by atoms with Gasteiger partial charge in [-0.3, -0.25) is 0 Å². The van der Waals surface area contributed by atoms with Crippen molar-refractivity contribution in [3.05, 3.63) is 24.0 Å². The van der Waals surface area contributed by atoms with E-state index in [1.165, 1.54) is 19.2 Å². The maximum absolute atomic E-state index is 13.3. The number of hydrogen-bond acceptors (Lipinski definition) is 4. The Morgan fingerprint density at radius 2 is 2.00 bits per heavy atom. The lowest BCUT2D eigenvalue weighted by molar-refractivity contribution is 0.385. The Bertz CT molecular complexity index is 553. The van der Waals surface area contributed by atoms with Crippen LogP contribution >= 0.6 is 11.8 Å². The Hall–Kier alpha value is -0.790.